The summed E-state index contributed by atoms with van der Waals surface area (Å²) in [6.45, 7) is 0.826. The number of fused-ring (bicyclic) bond motifs is 1. The number of nitrogens with zero attached hydrogens (tertiary/aromatic N) is 2. The van der Waals surface area contributed by atoms with Crippen molar-refractivity contribution in [3.8, 4) is 0 Å². The highest BCUT2D eigenvalue weighted by Gasteiger charge is 2.15. The predicted molar refractivity (Wildman–Crippen MR) is 86.6 cm³/mol. The van der Waals surface area contributed by atoms with Gasteiger partial charge in [0.05, 0.1) is 11.0 Å². The first-order chi connectivity index (χ1) is 10.3. The molecule has 1 saturated carbocycles. The first-order valence-electron chi connectivity index (χ1n) is 7.76. The second-order valence-electron chi connectivity index (χ2n) is 5.58. The van der Waals surface area contributed by atoms with E-state index in [2.05, 4.69) is 31.7 Å². The van der Waals surface area contributed by atoms with Gasteiger partial charge in [-0.15, -0.1) is 0 Å². The molecular weight excluding hydrogens is 262 g/mol. The molecular formula is C16H23N5. The van der Waals surface area contributed by atoms with E-state index in [1.807, 2.05) is 25.2 Å². The highest BCUT2D eigenvalue weighted by Crippen LogP contribution is 2.17. The lowest BCUT2D eigenvalue weighted by Gasteiger charge is -2.16. The van der Waals surface area contributed by atoms with Crippen LogP contribution in [0.1, 0.15) is 31.5 Å². The van der Waals surface area contributed by atoms with Crippen molar-refractivity contribution in [1.29, 1.82) is 0 Å². The van der Waals surface area contributed by atoms with Crippen molar-refractivity contribution < 1.29 is 0 Å². The van der Waals surface area contributed by atoms with Crippen LogP contribution in [0.4, 0.5) is 0 Å². The summed E-state index contributed by atoms with van der Waals surface area (Å²) in [5.41, 5.74) is 2.13. The van der Waals surface area contributed by atoms with Crippen LogP contribution in [0.15, 0.2) is 29.3 Å². The van der Waals surface area contributed by atoms with E-state index >= 15 is 0 Å². The summed E-state index contributed by atoms with van der Waals surface area (Å²) in [6, 6.07) is 8.71. The quantitative estimate of drug-likeness (QED) is 0.596. The van der Waals surface area contributed by atoms with Crippen molar-refractivity contribution in [3.63, 3.8) is 0 Å². The monoisotopic (exact) mass is 285 g/mol. The number of H-pyrrole nitrogens is 1. The summed E-state index contributed by atoms with van der Waals surface area (Å²) in [6.07, 6.45) is 6.02. The highest BCUT2D eigenvalue weighted by molar-refractivity contribution is 5.80. The number of benzene rings is 1. The molecule has 1 heterocycles. The van der Waals surface area contributed by atoms with E-state index in [4.69, 9.17) is 0 Å². The van der Waals surface area contributed by atoms with Gasteiger partial charge >= 0.3 is 0 Å². The fourth-order valence-electron chi connectivity index (χ4n) is 2.88. The molecule has 0 atom stereocenters. The van der Waals surface area contributed by atoms with Gasteiger partial charge < -0.3 is 15.6 Å². The third-order valence-electron chi connectivity index (χ3n) is 4.01. The summed E-state index contributed by atoms with van der Waals surface area (Å²) >= 11 is 0. The van der Waals surface area contributed by atoms with E-state index in [1.54, 1.807) is 0 Å². The molecule has 3 N–H and O–H groups in total. The third-order valence-corrected chi connectivity index (χ3v) is 4.01. The van der Waals surface area contributed by atoms with Gasteiger partial charge in [0, 0.05) is 26.1 Å². The van der Waals surface area contributed by atoms with Gasteiger partial charge in [0.25, 0.3) is 0 Å². The van der Waals surface area contributed by atoms with Crippen LogP contribution in [0.5, 0.6) is 0 Å². The average molecular weight is 285 g/mol. The fourth-order valence-corrected chi connectivity index (χ4v) is 2.88. The molecule has 0 saturated heterocycles. The van der Waals surface area contributed by atoms with E-state index in [0.717, 1.165) is 35.8 Å². The molecule has 0 spiro atoms. The number of aromatic amines is 1. The Balaban J connectivity index is 1.50. The standard InChI is InChI=1S/C16H23N5/c1-17-16(19-12-6-2-3-7-12)18-11-10-15-20-13-8-4-5-9-14(13)21-15/h4-5,8-9,12H,2-3,6-7,10-11H2,1H3,(H,20,21)(H2,17,18,19). The van der Waals surface area contributed by atoms with E-state index < -0.39 is 0 Å². The van der Waals surface area contributed by atoms with Crippen LogP contribution in [0.2, 0.25) is 0 Å². The molecule has 5 heteroatoms. The van der Waals surface area contributed by atoms with Gasteiger partial charge in [0.1, 0.15) is 5.82 Å². The Labute approximate surface area is 125 Å². The van der Waals surface area contributed by atoms with E-state index in [1.165, 1.54) is 25.7 Å². The van der Waals surface area contributed by atoms with Crippen molar-refractivity contribution in [2.24, 2.45) is 4.99 Å². The zero-order valence-electron chi connectivity index (χ0n) is 12.5. The number of nitrogens with one attached hydrogen (secondary N) is 3. The lowest BCUT2D eigenvalue weighted by Crippen LogP contribution is -2.43. The number of aromatic nitrogens is 2. The van der Waals surface area contributed by atoms with Gasteiger partial charge in [-0.25, -0.2) is 4.98 Å². The molecule has 0 bridgehead atoms. The van der Waals surface area contributed by atoms with Crippen molar-refractivity contribution in [3.05, 3.63) is 30.1 Å². The molecule has 1 fully saturated rings. The van der Waals surface area contributed by atoms with Crippen LogP contribution in [-0.2, 0) is 6.42 Å². The van der Waals surface area contributed by atoms with Gasteiger partial charge in [0.15, 0.2) is 5.96 Å². The normalized spacial score (nSPS) is 16.5. The second-order valence-corrected chi connectivity index (χ2v) is 5.58. The highest BCUT2D eigenvalue weighted by atomic mass is 15.2. The Morgan fingerprint density at radius 3 is 2.90 bits per heavy atom. The van der Waals surface area contributed by atoms with Crippen LogP contribution in [0.3, 0.4) is 0 Å². The Morgan fingerprint density at radius 1 is 1.33 bits per heavy atom. The third kappa shape index (κ3) is 3.54. The largest absolute Gasteiger partial charge is 0.356 e. The van der Waals surface area contributed by atoms with Crippen LogP contribution < -0.4 is 10.6 Å². The molecule has 1 aromatic heterocycles. The van der Waals surface area contributed by atoms with Crippen LogP contribution in [0, 0.1) is 0 Å². The first-order valence-corrected chi connectivity index (χ1v) is 7.76. The molecule has 5 nitrogen and oxygen atoms in total. The van der Waals surface area contributed by atoms with Gasteiger partial charge in [-0.1, -0.05) is 25.0 Å². The van der Waals surface area contributed by atoms with E-state index in [-0.39, 0.29) is 0 Å². The number of guanidine groups is 1. The summed E-state index contributed by atoms with van der Waals surface area (Å²) in [7, 11) is 1.82. The van der Waals surface area contributed by atoms with E-state index in [0.29, 0.717) is 6.04 Å². The van der Waals surface area contributed by atoms with Crippen LogP contribution in [0.25, 0.3) is 11.0 Å². The summed E-state index contributed by atoms with van der Waals surface area (Å²) in [5, 5.41) is 6.85. The predicted octanol–water partition coefficient (Wildman–Crippen LogP) is 2.21. The number of aliphatic imine (C=N–C) groups is 1. The Bertz CT molecular complexity index is 577. The number of imidazole rings is 1. The molecule has 0 amide bonds. The van der Waals surface area contributed by atoms with Gasteiger partial charge in [0.2, 0.25) is 0 Å². The minimum Gasteiger partial charge on any atom is -0.356 e. The minimum atomic E-state index is 0.586. The van der Waals surface area contributed by atoms with Gasteiger partial charge in [-0.2, -0.15) is 0 Å². The number of hydrogen-bond donors (Lipinski definition) is 3. The summed E-state index contributed by atoms with van der Waals surface area (Å²) in [5.74, 6) is 1.91. The molecule has 0 aliphatic heterocycles. The summed E-state index contributed by atoms with van der Waals surface area (Å²) < 4.78 is 0. The summed E-state index contributed by atoms with van der Waals surface area (Å²) in [4.78, 5) is 12.2. The number of hydrogen-bond acceptors (Lipinski definition) is 2. The SMILES string of the molecule is CN=C(NCCc1nc2ccccc2[nH]1)NC1CCCC1. The maximum absolute atomic E-state index is 4.58. The molecule has 1 aliphatic rings. The molecule has 0 unspecified atom stereocenters. The Morgan fingerprint density at radius 2 is 2.14 bits per heavy atom. The molecule has 2 aromatic rings. The lowest BCUT2D eigenvalue weighted by molar-refractivity contribution is 0.613. The van der Waals surface area contributed by atoms with Gasteiger partial charge in [-0.3, -0.25) is 4.99 Å². The topological polar surface area (TPSA) is 65.1 Å². The number of para-hydroxylation sites is 2. The zero-order valence-corrected chi connectivity index (χ0v) is 12.5. The molecule has 1 aromatic carbocycles. The van der Waals surface area contributed by atoms with Crippen molar-refractivity contribution in [1.82, 2.24) is 20.6 Å². The van der Waals surface area contributed by atoms with E-state index in [9.17, 15) is 0 Å². The van der Waals surface area contributed by atoms with Gasteiger partial charge in [-0.05, 0) is 25.0 Å². The maximum atomic E-state index is 4.58. The van der Waals surface area contributed by atoms with Crippen LogP contribution >= 0.6 is 0 Å². The second kappa shape index (κ2) is 6.61. The fraction of sp³-hybridized carbons (Fsp3) is 0.500. The average Bonchev–Trinajstić information content (AvgIpc) is 3.14. The molecule has 3 rings (SSSR count). The molecule has 1 aliphatic carbocycles. The Hall–Kier alpha value is -2.04. The van der Waals surface area contributed by atoms with Crippen LogP contribution in [-0.4, -0.2) is 35.6 Å². The zero-order chi connectivity index (χ0) is 14.5. The minimum absolute atomic E-state index is 0.586. The smallest absolute Gasteiger partial charge is 0.191 e. The molecule has 21 heavy (non-hydrogen) atoms. The Kier molecular flexibility index (Phi) is 4.38. The van der Waals surface area contributed by atoms with Crippen molar-refractivity contribution >= 4 is 17.0 Å². The molecule has 112 valence electrons. The molecule has 0 radical (unpaired) electrons. The lowest BCUT2D eigenvalue weighted by atomic mass is 10.2. The van der Waals surface area contributed by atoms with Crippen molar-refractivity contribution in [2.45, 2.75) is 38.1 Å². The van der Waals surface area contributed by atoms with Crippen molar-refractivity contribution in [2.75, 3.05) is 13.6 Å². The number of rotatable bonds is 4. The maximum Gasteiger partial charge on any atom is 0.191 e. The first kappa shape index (κ1) is 13.9.